The summed E-state index contributed by atoms with van der Waals surface area (Å²) in [4.78, 5) is 0. The summed E-state index contributed by atoms with van der Waals surface area (Å²) in [5.74, 6) is 0.422. The van der Waals surface area contributed by atoms with Crippen LogP contribution in [-0.2, 0) is 22.5 Å². The summed E-state index contributed by atoms with van der Waals surface area (Å²) in [5.41, 5.74) is 1.90. The van der Waals surface area contributed by atoms with Gasteiger partial charge in [0.25, 0.3) is 0 Å². The van der Waals surface area contributed by atoms with Crippen LogP contribution in [0.2, 0.25) is 0 Å². The third-order valence-electron chi connectivity index (χ3n) is 5.21. The summed E-state index contributed by atoms with van der Waals surface area (Å²) >= 11 is 0. The van der Waals surface area contributed by atoms with Gasteiger partial charge >= 0.3 is 0 Å². The first kappa shape index (κ1) is 23.6. The number of halogens is 1. The Balaban J connectivity index is 1.35. The first-order valence-corrected chi connectivity index (χ1v) is 10.4. The molecule has 0 aliphatic carbocycles. The number of aliphatic hydroxyl groups excluding tert-OH is 4. The molecule has 0 saturated carbocycles. The fraction of sp³-hybridized carbons (Fsp3) is 0.478. The largest absolute Gasteiger partial charge is 0.489 e. The summed E-state index contributed by atoms with van der Waals surface area (Å²) in [7, 11) is 0. The van der Waals surface area contributed by atoms with Crippen LogP contribution in [-0.4, -0.2) is 64.3 Å². The van der Waals surface area contributed by atoms with E-state index in [9.17, 15) is 24.8 Å². The highest BCUT2D eigenvalue weighted by Crippen LogP contribution is 2.22. The van der Waals surface area contributed by atoms with Gasteiger partial charge in [-0.15, -0.1) is 0 Å². The molecular weight excluding hydrogens is 407 g/mol. The molecule has 2 aromatic rings. The molecule has 0 unspecified atom stereocenters. The molecule has 1 saturated heterocycles. The Labute approximate surface area is 180 Å². The molecule has 0 aromatic heterocycles. The third-order valence-corrected chi connectivity index (χ3v) is 5.21. The molecule has 4 N–H and O–H groups in total. The quantitative estimate of drug-likeness (QED) is 0.419. The molecule has 1 fully saturated rings. The predicted molar refractivity (Wildman–Crippen MR) is 110 cm³/mol. The average molecular weight is 436 g/mol. The lowest BCUT2D eigenvalue weighted by molar-refractivity contribution is -0.301. The molecule has 1 aliphatic heterocycles. The van der Waals surface area contributed by atoms with Gasteiger partial charge in [0.2, 0.25) is 0 Å². The lowest BCUT2D eigenvalue weighted by atomic mass is 9.99. The highest BCUT2D eigenvalue weighted by molar-refractivity contribution is 5.28. The molecule has 31 heavy (non-hydrogen) atoms. The van der Waals surface area contributed by atoms with Crippen LogP contribution >= 0.6 is 0 Å². The van der Waals surface area contributed by atoms with Crippen molar-refractivity contribution in [3.05, 3.63) is 65.5 Å². The van der Waals surface area contributed by atoms with Crippen molar-refractivity contribution in [2.24, 2.45) is 0 Å². The van der Waals surface area contributed by atoms with Gasteiger partial charge in [0.15, 0.2) is 6.29 Å². The van der Waals surface area contributed by atoms with E-state index >= 15 is 0 Å². The van der Waals surface area contributed by atoms with Crippen LogP contribution in [0.1, 0.15) is 24.0 Å². The Morgan fingerprint density at radius 2 is 1.68 bits per heavy atom. The summed E-state index contributed by atoms with van der Waals surface area (Å²) in [6, 6.07) is 14.0. The third kappa shape index (κ3) is 6.70. The van der Waals surface area contributed by atoms with Crippen molar-refractivity contribution >= 4 is 0 Å². The van der Waals surface area contributed by atoms with Crippen LogP contribution in [0.3, 0.4) is 0 Å². The predicted octanol–water partition coefficient (Wildman–Crippen LogP) is 1.54. The molecule has 0 spiro atoms. The second-order valence-corrected chi connectivity index (χ2v) is 7.59. The van der Waals surface area contributed by atoms with E-state index in [4.69, 9.17) is 14.2 Å². The molecule has 2 aromatic carbocycles. The van der Waals surface area contributed by atoms with Crippen molar-refractivity contribution in [1.29, 1.82) is 0 Å². The smallest absolute Gasteiger partial charge is 0.186 e. The van der Waals surface area contributed by atoms with Gasteiger partial charge in [0.05, 0.1) is 6.61 Å². The SMILES string of the molecule is OC[C@H]1O[C@@H](OCCCCc2ccc(OCc3cccc(F)c3)cc2)[C@H](O)[C@@H](O)[C@@H]1O. The topological polar surface area (TPSA) is 109 Å². The Hall–Kier alpha value is -2.07. The van der Waals surface area contributed by atoms with Gasteiger partial charge in [0, 0.05) is 6.61 Å². The summed E-state index contributed by atoms with van der Waals surface area (Å²) in [6.45, 7) is 0.122. The molecule has 0 radical (unpaired) electrons. The van der Waals surface area contributed by atoms with Gasteiger partial charge in [-0.25, -0.2) is 4.39 Å². The normalized spacial score (nSPS) is 26.0. The fourth-order valence-corrected chi connectivity index (χ4v) is 3.38. The Morgan fingerprint density at radius 1 is 0.903 bits per heavy atom. The van der Waals surface area contributed by atoms with E-state index in [0.717, 1.165) is 24.0 Å². The van der Waals surface area contributed by atoms with E-state index in [1.54, 1.807) is 6.07 Å². The van der Waals surface area contributed by atoms with E-state index < -0.39 is 37.3 Å². The molecule has 7 nitrogen and oxygen atoms in total. The zero-order valence-corrected chi connectivity index (χ0v) is 17.1. The number of aryl methyl sites for hydroxylation is 1. The van der Waals surface area contributed by atoms with Gasteiger partial charge in [-0.3, -0.25) is 0 Å². The molecule has 0 bridgehead atoms. The standard InChI is InChI=1S/C23H29FO7/c24-17-6-3-5-16(12-17)14-30-18-9-7-15(8-10-18)4-1-2-11-29-23-22(28)21(27)20(26)19(13-25)31-23/h3,5-10,12,19-23,25-28H,1-2,4,11,13-14H2/t19-,20-,21+,22-,23-/m1/s1. The maximum atomic E-state index is 13.2. The van der Waals surface area contributed by atoms with Gasteiger partial charge in [-0.05, 0) is 54.7 Å². The summed E-state index contributed by atoms with van der Waals surface area (Å²) < 4.78 is 29.7. The Morgan fingerprint density at radius 3 is 2.39 bits per heavy atom. The highest BCUT2D eigenvalue weighted by atomic mass is 19.1. The number of aliphatic hydroxyl groups is 4. The lowest BCUT2D eigenvalue weighted by Crippen LogP contribution is -2.59. The van der Waals surface area contributed by atoms with Crippen molar-refractivity contribution in [3.8, 4) is 5.75 Å². The zero-order valence-electron chi connectivity index (χ0n) is 17.1. The van der Waals surface area contributed by atoms with Crippen LogP contribution in [0.4, 0.5) is 4.39 Å². The van der Waals surface area contributed by atoms with Crippen molar-refractivity contribution < 1.29 is 39.0 Å². The maximum absolute atomic E-state index is 13.2. The van der Waals surface area contributed by atoms with Crippen molar-refractivity contribution in [3.63, 3.8) is 0 Å². The van der Waals surface area contributed by atoms with Gasteiger partial charge < -0.3 is 34.6 Å². The van der Waals surface area contributed by atoms with Gasteiger partial charge in [-0.1, -0.05) is 24.3 Å². The number of benzene rings is 2. The van der Waals surface area contributed by atoms with Crippen LogP contribution in [0, 0.1) is 5.82 Å². The Bertz CT molecular complexity index is 799. The minimum Gasteiger partial charge on any atom is -0.489 e. The van der Waals surface area contributed by atoms with E-state index in [2.05, 4.69) is 0 Å². The van der Waals surface area contributed by atoms with E-state index in [1.165, 1.54) is 12.1 Å². The molecule has 8 heteroatoms. The second kappa shape index (κ2) is 11.5. The number of rotatable bonds is 10. The number of unbranched alkanes of at least 4 members (excludes halogenated alkanes) is 1. The molecular formula is C23H29FO7. The minimum atomic E-state index is -1.43. The van der Waals surface area contributed by atoms with Crippen molar-refractivity contribution in [2.45, 2.75) is 56.6 Å². The van der Waals surface area contributed by atoms with Gasteiger partial charge in [-0.2, -0.15) is 0 Å². The fourth-order valence-electron chi connectivity index (χ4n) is 3.38. The highest BCUT2D eigenvalue weighted by Gasteiger charge is 2.43. The lowest BCUT2D eigenvalue weighted by Gasteiger charge is -2.39. The second-order valence-electron chi connectivity index (χ2n) is 7.59. The maximum Gasteiger partial charge on any atom is 0.186 e. The minimum absolute atomic E-state index is 0.285. The summed E-state index contributed by atoms with van der Waals surface area (Å²) in [6.07, 6.45) is -3.90. The number of ether oxygens (including phenoxy) is 3. The number of hydrogen-bond acceptors (Lipinski definition) is 7. The van der Waals surface area contributed by atoms with Crippen LogP contribution in [0.15, 0.2) is 48.5 Å². The van der Waals surface area contributed by atoms with Crippen molar-refractivity contribution in [2.75, 3.05) is 13.2 Å². The first-order valence-electron chi connectivity index (χ1n) is 10.4. The molecule has 0 amide bonds. The van der Waals surface area contributed by atoms with Crippen LogP contribution < -0.4 is 4.74 Å². The Kier molecular flexibility index (Phi) is 8.77. The summed E-state index contributed by atoms with van der Waals surface area (Å²) in [5, 5.41) is 38.6. The first-order chi connectivity index (χ1) is 15.0. The van der Waals surface area contributed by atoms with Crippen LogP contribution in [0.25, 0.3) is 0 Å². The molecule has 170 valence electrons. The number of hydrogen-bond donors (Lipinski definition) is 4. The van der Waals surface area contributed by atoms with E-state index in [-0.39, 0.29) is 5.82 Å². The van der Waals surface area contributed by atoms with Crippen LogP contribution in [0.5, 0.6) is 5.75 Å². The average Bonchev–Trinajstić information content (AvgIpc) is 2.78. The molecule has 1 aliphatic rings. The van der Waals surface area contributed by atoms with E-state index in [1.807, 2.05) is 30.3 Å². The molecule has 1 heterocycles. The molecule has 3 rings (SSSR count). The monoisotopic (exact) mass is 436 g/mol. The van der Waals surface area contributed by atoms with Crippen molar-refractivity contribution in [1.82, 2.24) is 0 Å². The zero-order chi connectivity index (χ0) is 22.2. The molecule has 5 atom stereocenters. The van der Waals surface area contributed by atoms with E-state index in [0.29, 0.717) is 25.4 Å². The van der Waals surface area contributed by atoms with Gasteiger partial charge in [0.1, 0.15) is 42.6 Å².